The third kappa shape index (κ3) is 3.90. The number of nitrogens with one attached hydrogen (secondary N) is 2. The van der Waals surface area contributed by atoms with Crippen molar-refractivity contribution in [3.8, 4) is 11.8 Å². The lowest BCUT2D eigenvalue weighted by molar-refractivity contribution is -0.611. The quantitative estimate of drug-likeness (QED) is 0.659. The van der Waals surface area contributed by atoms with E-state index < -0.39 is 41.5 Å². The van der Waals surface area contributed by atoms with Crippen molar-refractivity contribution in [1.82, 2.24) is 10.3 Å². The van der Waals surface area contributed by atoms with Gasteiger partial charge in [-0.15, -0.1) is 0 Å². The summed E-state index contributed by atoms with van der Waals surface area (Å²) in [4.78, 5) is 39.9. The number of amides is 1. The largest absolute Gasteiger partial charge is 0.507 e. The Morgan fingerprint density at radius 2 is 2.20 bits per heavy atom. The van der Waals surface area contributed by atoms with Crippen molar-refractivity contribution >= 4 is 16.8 Å². The number of hydrogen-bond donors (Lipinski definition) is 3. The summed E-state index contributed by atoms with van der Waals surface area (Å²) in [5, 5.41) is 22.5. The third-order valence-electron chi connectivity index (χ3n) is 5.84. The topological polar surface area (TPSA) is 126 Å². The highest BCUT2D eigenvalue weighted by Crippen LogP contribution is 2.30. The second kappa shape index (κ2) is 8.22. The summed E-state index contributed by atoms with van der Waals surface area (Å²) in [7, 11) is 0. The molecule has 30 heavy (non-hydrogen) atoms. The Kier molecular flexibility index (Phi) is 5.87. The number of pyridine rings is 1. The van der Waals surface area contributed by atoms with Crippen LogP contribution in [-0.2, 0) is 11.2 Å². The molecule has 3 N–H and O–H groups in total. The maximum absolute atomic E-state index is 13.9. The molecule has 0 radical (unpaired) electrons. The number of benzene rings is 1. The number of piperidine rings is 1. The van der Waals surface area contributed by atoms with Crippen molar-refractivity contribution in [3.63, 3.8) is 0 Å². The highest BCUT2D eigenvalue weighted by Gasteiger charge is 2.44. The summed E-state index contributed by atoms with van der Waals surface area (Å²) in [6.07, 6.45) is 0.147. The molecule has 9 heteroatoms. The molecule has 1 aliphatic rings. The van der Waals surface area contributed by atoms with Crippen LogP contribution in [0.15, 0.2) is 16.9 Å². The Bertz CT molecular complexity index is 1120. The Morgan fingerprint density at radius 3 is 2.83 bits per heavy atom. The van der Waals surface area contributed by atoms with Crippen molar-refractivity contribution in [2.24, 2.45) is 11.8 Å². The summed E-state index contributed by atoms with van der Waals surface area (Å²) in [5.41, 5.74) is -0.358. The number of aromatic hydroxyl groups is 1. The van der Waals surface area contributed by atoms with E-state index in [0.29, 0.717) is 6.42 Å². The van der Waals surface area contributed by atoms with E-state index in [9.17, 15) is 24.0 Å². The molecule has 1 saturated heterocycles. The van der Waals surface area contributed by atoms with Crippen LogP contribution in [0.3, 0.4) is 0 Å². The lowest BCUT2D eigenvalue weighted by Crippen LogP contribution is -2.53. The number of fused-ring (bicyclic) bond motifs is 1. The number of hydrogen-bond acceptors (Lipinski definition) is 5. The lowest BCUT2D eigenvalue weighted by atomic mass is 9.83. The Labute approximate surface area is 172 Å². The molecule has 0 spiro atoms. The summed E-state index contributed by atoms with van der Waals surface area (Å²) in [6.45, 7) is 5.12. The molecule has 0 bridgehead atoms. The number of aromatic nitrogens is 1. The minimum absolute atomic E-state index is 0.0850. The summed E-state index contributed by atoms with van der Waals surface area (Å²) in [5.74, 6) is -1.94. The molecule has 3 rings (SSSR count). The maximum atomic E-state index is 13.9. The fourth-order valence-corrected chi connectivity index (χ4v) is 4.39. The van der Waals surface area contributed by atoms with Crippen molar-refractivity contribution < 1.29 is 19.1 Å². The number of rotatable bonds is 4. The second-order valence-corrected chi connectivity index (χ2v) is 8.04. The average Bonchev–Trinajstić information content (AvgIpc) is 2.67. The number of halogens is 1. The van der Waals surface area contributed by atoms with Crippen LogP contribution < -0.4 is 10.9 Å². The van der Waals surface area contributed by atoms with Gasteiger partial charge in [0, 0.05) is 21.0 Å². The van der Waals surface area contributed by atoms with E-state index in [1.54, 1.807) is 6.92 Å². The van der Waals surface area contributed by atoms with Gasteiger partial charge in [-0.1, -0.05) is 6.92 Å². The Morgan fingerprint density at radius 1 is 1.50 bits per heavy atom. The van der Waals surface area contributed by atoms with Crippen molar-refractivity contribution in [2.45, 2.75) is 45.7 Å². The number of nitroso groups, excluding NO2 is 1. The smallest absolute Gasteiger partial charge is 0.255 e. The van der Waals surface area contributed by atoms with Gasteiger partial charge in [-0.2, -0.15) is 5.26 Å². The first-order valence-corrected chi connectivity index (χ1v) is 9.79. The lowest BCUT2D eigenvalue weighted by Gasteiger charge is -2.28. The molecule has 2 aromatic rings. The van der Waals surface area contributed by atoms with Crippen LogP contribution in [0.4, 0.5) is 4.39 Å². The summed E-state index contributed by atoms with van der Waals surface area (Å²) in [6, 6.07) is 3.63. The van der Waals surface area contributed by atoms with E-state index in [-0.39, 0.29) is 40.4 Å². The number of carbonyl (C=O) groups excluding carboxylic acids is 1. The molecular formula is C21H24FN4O4+. The van der Waals surface area contributed by atoms with Gasteiger partial charge in [0.15, 0.2) is 0 Å². The average molecular weight is 415 g/mol. The zero-order chi connectivity index (χ0) is 22.2. The maximum Gasteiger partial charge on any atom is 0.255 e. The van der Waals surface area contributed by atoms with Crippen LogP contribution in [0, 0.1) is 40.8 Å². The molecule has 8 nitrogen and oxygen atoms in total. The van der Waals surface area contributed by atoms with Gasteiger partial charge in [-0.25, -0.2) is 4.39 Å². The van der Waals surface area contributed by atoms with E-state index in [1.807, 2.05) is 6.92 Å². The number of H-pyrrole nitrogens is 1. The Hall–Kier alpha value is -3.28. The number of nitriles is 1. The van der Waals surface area contributed by atoms with E-state index in [4.69, 9.17) is 5.26 Å². The molecular weight excluding hydrogens is 391 g/mol. The fraction of sp³-hybridized carbons (Fsp3) is 0.476. The zero-order valence-electron chi connectivity index (χ0n) is 17.0. The molecule has 1 fully saturated rings. The monoisotopic (exact) mass is 415 g/mol. The van der Waals surface area contributed by atoms with Crippen LogP contribution in [0.2, 0.25) is 0 Å². The van der Waals surface area contributed by atoms with Gasteiger partial charge in [-0.05, 0) is 38.0 Å². The molecule has 0 saturated carbocycles. The normalized spacial score (nSPS) is 22.5. The van der Waals surface area contributed by atoms with E-state index in [0.717, 1.165) is 4.76 Å². The minimum atomic E-state index is -0.637. The number of nitrogens with zero attached hydrogens (tertiary/aromatic N) is 2. The van der Waals surface area contributed by atoms with Gasteiger partial charge in [0.2, 0.25) is 18.5 Å². The van der Waals surface area contributed by atoms with Crippen LogP contribution >= 0.6 is 0 Å². The fourth-order valence-electron chi connectivity index (χ4n) is 4.39. The highest BCUT2D eigenvalue weighted by atomic mass is 19.1. The summed E-state index contributed by atoms with van der Waals surface area (Å²) >= 11 is 0. The number of aromatic amines is 1. The van der Waals surface area contributed by atoms with Gasteiger partial charge >= 0.3 is 0 Å². The van der Waals surface area contributed by atoms with Gasteiger partial charge in [0.25, 0.3) is 5.56 Å². The molecule has 158 valence electrons. The number of aryl methyl sites for hydroxylation is 1. The van der Waals surface area contributed by atoms with Gasteiger partial charge < -0.3 is 15.4 Å². The van der Waals surface area contributed by atoms with Crippen LogP contribution in [0.1, 0.15) is 31.4 Å². The molecule has 2 heterocycles. The van der Waals surface area contributed by atoms with Crippen LogP contribution in [-0.4, -0.2) is 39.4 Å². The minimum Gasteiger partial charge on any atom is -0.507 e. The molecule has 1 aromatic carbocycles. The Balaban J connectivity index is 1.81. The van der Waals surface area contributed by atoms with Crippen LogP contribution in [0.25, 0.3) is 10.9 Å². The van der Waals surface area contributed by atoms with Gasteiger partial charge in [-0.3, -0.25) is 9.59 Å². The predicted octanol–water partition coefficient (Wildman–Crippen LogP) is 2.06. The van der Waals surface area contributed by atoms with Crippen molar-refractivity contribution in [2.75, 3.05) is 6.54 Å². The van der Waals surface area contributed by atoms with Crippen molar-refractivity contribution in [1.29, 1.82) is 5.26 Å². The van der Waals surface area contributed by atoms with Crippen LogP contribution in [0.5, 0.6) is 5.75 Å². The highest BCUT2D eigenvalue weighted by molar-refractivity contribution is 5.90. The molecule has 1 aliphatic heterocycles. The predicted molar refractivity (Wildman–Crippen MR) is 107 cm³/mol. The molecule has 0 aliphatic carbocycles. The van der Waals surface area contributed by atoms with Gasteiger partial charge in [0.05, 0.1) is 29.6 Å². The van der Waals surface area contributed by atoms with Gasteiger partial charge in [0.1, 0.15) is 17.5 Å². The number of carbonyl (C=O) groups is 1. The summed E-state index contributed by atoms with van der Waals surface area (Å²) < 4.78 is 14.7. The molecule has 1 amide bonds. The standard InChI is InChI=1S/C21H23FN4O4/c1-10-6-13(8-23)9-26(30)19(10)12(3)24-17(27)7-14-20(28)18-11(2)15(22)4-5-16(18)25-21(14)29/h4-5,10,12-13,19H,6-7,9H2,1-3H3,(H2-,24,25,27,28,29)/p+1. The first-order valence-electron chi connectivity index (χ1n) is 9.79. The first kappa shape index (κ1) is 21.4. The van der Waals surface area contributed by atoms with E-state index in [1.165, 1.54) is 19.1 Å². The SMILES string of the molecule is Cc1c(F)ccc2[nH]c(=O)c(CC(=O)NC(C)C3C(C)CC(C#N)C[N+]3=O)c(O)c12. The van der Waals surface area contributed by atoms with E-state index >= 15 is 0 Å². The third-order valence-corrected chi connectivity index (χ3v) is 5.84. The first-order chi connectivity index (χ1) is 14.1. The molecule has 4 unspecified atom stereocenters. The zero-order valence-corrected chi connectivity index (χ0v) is 17.0. The van der Waals surface area contributed by atoms with Crippen molar-refractivity contribution in [3.05, 3.63) is 44.3 Å². The van der Waals surface area contributed by atoms with E-state index in [2.05, 4.69) is 16.4 Å². The molecule has 1 aromatic heterocycles. The molecule has 4 atom stereocenters. The second-order valence-electron chi connectivity index (χ2n) is 8.04.